The van der Waals surface area contributed by atoms with Gasteiger partial charge in [-0.1, -0.05) is 33.1 Å². The molecule has 0 saturated heterocycles. The van der Waals surface area contributed by atoms with E-state index in [0.29, 0.717) is 0 Å². The standard InChI is InChI=1S/C12H25NO2/c1-5-7-9-11(12(14)15-4)13(3)10-8-6-2/h11H,5-10H2,1-4H3. The number of hydrogen-bond donors (Lipinski definition) is 0. The van der Waals surface area contributed by atoms with Gasteiger partial charge in [-0.15, -0.1) is 0 Å². The molecule has 0 aromatic rings. The molecule has 0 amide bonds. The van der Waals surface area contributed by atoms with Gasteiger partial charge in [0.15, 0.2) is 0 Å². The van der Waals surface area contributed by atoms with E-state index in [2.05, 4.69) is 18.7 Å². The molecule has 0 aliphatic rings. The third-order valence-electron chi connectivity index (χ3n) is 2.70. The molecular formula is C12H25NO2. The summed E-state index contributed by atoms with van der Waals surface area (Å²) >= 11 is 0. The van der Waals surface area contributed by atoms with Crippen LogP contribution in [-0.4, -0.2) is 37.6 Å². The van der Waals surface area contributed by atoms with Crippen molar-refractivity contribution in [3.8, 4) is 0 Å². The van der Waals surface area contributed by atoms with Crippen LogP contribution < -0.4 is 0 Å². The molecule has 0 aliphatic carbocycles. The minimum Gasteiger partial charge on any atom is -0.468 e. The third kappa shape index (κ3) is 5.78. The Morgan fingerprint density at radius 1 is 1.27 bits per heavy atom. The number of rotatable bonds is 8. The molecule has 0 bridgehead atoms. The number of hydrogen-bond acceptors (Lipinski definition) is 3. The normalized spacial score (nSPS) is 12.9. The van der Waals surface area contributed by atoms with Gasteiger partial charge >= 0.3 is 5.97 Å². The Balaban J connectivity index is 4.13. The zero-order valence-electron chi connectivity index (χ0n) is 10.6. The van der Waals surface area contributed by atoms with Gasteiger partial charge in [-0.2, -0.15) is 0 Å². The van der Waals surface area contributed by atoms with Gasteiger partial charge in [0.1, 0.15) is 6.04 Å². The van der Waals surface area contributed by atoms with E-state index in [9.17, 15) is 4.79 Å². The van der Waals surface area contributed by atoms with E-state index in [4.69, 9.17) is 4.74 Å². The average Bonchev–Trinajstić information content (AvgIpc) is 2.26. The first kappa shape index (κ1) is 14.4. The summed E-state index contributed by atoms with van der Waals surface area (Å²) in [5, 5.41) is 0. The van der Waals surface area contributed by atoms with Crippen LogP contribution in [0, 0.1) is 0 Å². The molecule has 3 heteroatoms. The predicted molar refractivity (Wildman–Crippen MR) is 62.9 cm³/mol. The average molecular weight is 215 g/mol. The fourth-order valence-electron chi connectivity index (χ4n) is 1.62. The molecule has 90 valence electrons. The van der Waals surface area contributed by atoms with Crippen molar-refractivity contribution in [2.45, 2.75) is 52.0 Å². The maximum Gasteiger partial charge on any atom is 0.323 e. The van der Waals surface area contributed by atoms with Gasteiger partial charge in [0.05, 0.1) is 7.11 Å². The lowest BCUT2D eigenvalue weighted by molar-refractivity contribution is -0.146. The molecule has 0 saturated carbocycles. The lowest BCUT2D eigenvalue weighted by atomic mass is 10.1. The first-order valence-electron chi connectivity index (χ1n) is 5.95. The summed E-state index contributed by atoms with van der Waals surface area (Å²) in [7, 11) is 3.47. The monoisotopic (exact) mass is 215 g/mol. The topological polar surface area (TPSA) is 29.5 Å². The molecule has 1 unspecified atom stereocenters. The molecule has 0 heterocycles. The van der Waals surface area contributed by atoms with Crippen molar-refractivity contribution in [3.05, 3.63) is 0 Å². The lowest BCUT2D eigenvalue weighted by Gasteiger charge is -2.25. The van der Waals surface area contributed by atoms with Crippen LogP contribution in [-0.2, 0) is 9.53 Å². The second-order valence-corrected chi connectivity index (χ2v) is 4.02. The van der Waals surface area contributed by atoms with Gasteiger partial charge in [0.2, 0.25) is 0 Å². The molecule has 0 aromatic heterocycles. The number of carbonyl (C=O) groups excluding carboxylic acids is 1. The SMILES string of the molecule is CCCCC(C(=O)OC)N(C)CCCC. The van der Waals surface area contributed by atoms with Gasteiger partial charge in [0, 0.05) is 0 Å². The van der Waals surface area contributed by atoms with Crippen LogP contribution in [0.25, 0.3) is 0 Å². The first-order chi connectivity index (χ1) is 7.17. The van der Waals surface area contributed by atoms with Crippen molar-refractivity contribution in [3.63, 3.8) is 0 Å². The number of unbranched alkanes of at least 4 members (excludes halogenated alkanes) is 2. The third-order valence-corrected chi connectivity index (χ3v) is 2.70. The van der Waals surface area contributed by atoms with Crippen LogP contribution in [0.2, 0.25) is 0 Å². The number of esters is 1. The van der Waals surface area contributed by atoms with Crippen LogP contribution in [0.5, 0.6) is 0 Å². The quantitative estimate of drug-likeness (QED) is 0.582. The molecule has 0 fully saturated rings. The summed E-state index contributed by atoms with van der Waals surface area (Å²) in [5.41, 5.74) is 0. The van der Waals surface area contributed by atoms with Gasteiger partial charge in [-0.25, -0.2) is 0 Å². The summed E-state index contributed by atoms with van der Waals surface area (Å²) in [5.74, 6) is -0.0953. The van der Waals surface area contributed by atoms with E-state index in [1.807, 2.05) is 7.05 Å². The molecule has 3 nitrogen and oxygen atoms in total. The van der Waals surface area contributed by atoms with Crippen LogP contribution >= 0.6 is 0 Å². The largest absolute Gasteiger partial charge is 0.468 e. The summed E-state index contributed by atoms with van der Waals surface area (Å²) in [6.45, 7) is 5.27. The van der Waals surface area contributed by atoms with Crippen LogP contribution in [0.1, 0.15) is 46.0 Å². The van der Waals surface area contributed by atoms with Crippen LogP contribution in [0.15, 0.2) is 0 Å². The highest BCUT2D eigenvalue weighted by atomic mass is 16.5. The molecule has 15 heavy (non-hydrogen) atoms. The molecular weight excluding hydrogens is 190 g/mol. The van der Waals surface area contributed by atoms with Crippen molar-refractivity contribution in [1.82, 2.24) is 4.90 Å². The van der Waals surface area contributed by atoms with Gasteiger partial charge in [-0.05, 0) is 26.4 Å². The van der Waals surface area contributed by atoms with Crippen molar-refractivity contribution < 1.29 is 9.53 Å². The minimum absolute atomic E-state index is 0.0542. The molecule has 0 aliphatic heterocycles. The molecule has 0 aromatic carbocycles. The summed E-state index contributed by atoms with van der Waals surface area (Å²) in [4.78, 5) is 13.7. The van der Waals surface area contributed by atoms with Crippen LogP contribution in [0.4, 0.5) is 0 Å². The predicted octanol–water partition coefficient (Wildman–Crippen LogP) is 2.45. The van der Waals surface area contributed by atoms with Crippen molar-refractivity contribution in [2.75, 3.05) is 20.7 Å². The van der Waals surface area contributed by atoms with Crippen LogP contribution in [0.3, 0.4) is 0 Å². The second-order valence-electron chi connectivity index (χ2n) is 4.02. The smallest absolute Gasteiger partial charge is 0.323 e. The number of carbonyl (C=O) groups is 1. The second kappa shape index (κ2) is 8.72. The Bertz CT molecular complexity index is 171. The van der Waals surface area contributed by atoms with E-state index < -0.39 is 0 Å². The van der Waals surface area contributed by atoms with Gasteiger partial charge < -0.3 is 4.74 Å². The minimum atomic E-state index is -0.0953. The van der Waals surface area contributed by atoms with E-state index in [0.717, 1.165) is 38.6 Å². The van der Waals surface area contributed by atoms with Crippen molar-refractivity contribution in [2.24, 2.45) is 0 Å². The van der Waals surface area contributed by atoms with E-state index in [1.54, 1.807) is 0 Å². The maximum atomic E-state index is 11.6. The number of likely N-dealkylation sites (N-methyl/N-ethyl adjacent to an activating group) is 1. The highest BCUT2D eigenvalue weighted by Gasteiger charge is 2.22. The first-order valence-corrected chi connectivity index (χ1v) is 5.95. The summed E-state index contributed by atoms with van der Waals surface area (Å²) in [6.07, 6.45) is 5.40. The van der Waals surface area contributed by atoms with Gasteiger partial charge in [0.25, 0.3) is 0 Å². The van der Waals surface area contributed by atoms with E-state index >= 15 is 0 Å². The maximum absolute atomic E-state index is 11.6. The van der Waals surface area contributed by atoms with E-state index in [-0.39, 0.29) is 12.0 Å². The Kier molecular flexibility index (Phi) is 8.38. The zero-order valence-corrected chi connectivity index (χ0v) is 10.6. The Morgan fingerprint density at radius 2 is 1.87 bits per heavy atom. The number of ether oxygens (including phenoxy) is 1. The summed E-state index contributed by atoms with van der Waals surface area (Å²) < 4.78 is 4.83. The molecule has 1 atom stereocenters. The fraction of sp³-hybridized carbons (Fsp3) is 0.917. The Morgan fingerprint density at radius 3 is 2.33 bits per heavy atom. The number of nitrogens with zero attached hydrogens (tertiary/aromatic N) is 1. The molecule has 0 rings (SSSR count). The molecule has 0 radical (unpaired) electrons. The van der Waals surface area contributed by atoms with E-state index in [1.165, 1.54) is 7.11 Å². The van der Waals surface area contributed by atoms with Crippen molar-refractivity contribution >= 4 is 5.97 Å². The Hall–Kier alpha value is -0.570. The number of methoxy groups -OCH3 is 1. The Labute approximate surface area is 93.8 Å². The fourth-order valence-corrected chi connectivity index (χ4v) is 1.62. The summed E-state index contributed by atoms with van der Waals surface area (Å²) in [6, 6.07) is -0.0542. The zero-order chi connectivity index (χ0) is 11.7. The van der Waals surface area contributed by atoms with Gasteiger partial charge in [-0.3, -0.25) is 9.69 Å². The lowest BCUT2D eigenvalue weighted by Crippen LogP contribution is -2.39. The molecule has 0 N–H and O–H groups in total. The highest BCUT2D eigenvalue weighted by molar-refractivity contribution is 5.75. The highest BCUT2D eigenvalue weighted by Crippen LogP contribution is 2.10. The van der Waals surface area contributed by atoms with Crippen molar-refractivity contribution in [1.29, 1.82) is 0 Å². The molecule has 0 spiro atoms.